The van der Waals surface area contributed by atoms with Gasteiger partial charge in [-0.25, -0.2) is 10.2 Å². The second kappa shape index (κ2) is 6.24. The second-order valence-corrected chi connectivity index (χ2v) is 3.36. The van der Waals surface area contributed by atoms with E-state index in [1.807, 2.05) is 5.43 Å². The molecule has 0 aliphatic rings. The number of primary amides is 1. The molecule has 7 nitrogen and oxygen atoms in total. The number of nitrogens with zero attached hydrogens (tertiary/aromatic N) is 1. The number of urea groups is 1. The number of nitrogens with one attached hydrogen (secondary N) is 2. The second-order valence-electron chi connectivity index (χ2n) is 3.36. The number of benzene rings is 1. The minimum absolute atomic E-state index is 0.0876. The zero-order chi connectivity index (χ0) is 13.5. The fourth-order valence-electron chi connectivity index (χ4n) is 1.09. The summed E-state index contributed by atoms with van der Waals surface area (Å²) in [5.74, 6) is 0.252. The Bertz CT molecular complexity index is 468. The fraction of sp³-hybridized carbons (Fsp3) is 0.182. The van der Waals surface area contributed by atoms with Gasteiger partial charge in [-0.15, -0.1) is 0 Å². The van der Waals surface area contributed by atoms with Gasteiger partial charge in [0, 0.05) is 5.69 Å². The van der Waals surface area contributed by atoms with Crippen LogP contribution in [0.3, 0.4) is 0 Å². The molecule has 96 valence electrons. The van der Waals surface area contributed by atoms with Crippen molar-refractivity contribution in [3.8, 4) is 5.75 Å². The molecule has 4 N–H and O–H groups in total. The van der Waals surface area contributed by atoms with Crippen molar-refractivity contribution in [1.82, 2.24) is 5.43 Å². The summed E-state index contributed by atoms with van der Waals surface area (Å²) in [5.41, 5.74) is 7.48. The van der Waals surface area contributed by atoms with Gasteiger partial charge >= 0.3 is 6.03 Å². The summed E-state index contributed by atoms with van der Waals surface area (Å²) < 4.78 is 4.99. The van der Waals surface area contributed by atoms with Crippen molar-refractivity contribution in [1.29, 1.82) is 0 Å². The summed E-state index contributed by atoms with van der Waals surface area (Å²) in [6.45, 7) is 1.45. The van der Waals surface area contributed by atoms with Crippen LogP contribution in [0.5, 0.6) is 5.75 Å². The van der Waals surface area contributed by atoms with Gasteiger partial charge in [-0.1, -0.05) is 0 Å². The number of carbonyl (C=O) groups excluding carboxylic acids is 2. The van der Waals surface area contributed by atoms with E-state index in [1.54, 1.807) is 31.4 Å². The molecule has 0 aliphatic heterocycles. The average molecular weight is 250 g/mol. The molecule has 3 amide bonds. The summed E-state index contributed by atoms with van der Waals surface area (Å²) in [4.78, 5) is 22.0. The van der Waals surface area contributed by atoms with E-state index in [0.29, 0.717) is 11.4 Å². The molecule has 0 fully saturated rings. The third-order valence-corrected chi connectivity index (χ3v) is 2.01. The number of hydrogen-bond donors (Lipinski definition) is 3. The van der Waals surface area contributed by atoms with Gasteiger partial charge in [-0.3, -0.25) is 4.79 Å². The first-order valence-electron chi connectivity index (χ1n) is 5.08. The molecule has 7 heteroatoms. The Hall–Kier alpha value is -2.57. The van der Waals surface area contributed by atoms with Crippen LogP contribution < -0.4 is 21.2 Å². The number of anilines is 1. The highest BCUT2D eigenvalue weighted by atomic mass is 16.5. The lowest BCUT2D eigenvalue weighted by Crippen LogP contribution is -2.28. The molecule has 0 atom stereocenters. The summed E-state index contributed by atoms with van der Waals surface area (Å²) in [6, 6.07) is 5.97. The molecule has 0 radical (unpaired) electrons. The Morgan fingerprint density at radius 2 is 1.89 bits per heavy atom. The molecule has 0 unspecified atom stereocenters. The van der Waals surface area contributed by atoms with Crippen LogP contribution >= 0.6 is 0 Å². The Morgan fingerprint density at radius 1 is 1.28 bits per heavy atom. The van der Waals surface area contributed by atoms with Crippen molar-refractivity contribution in [2.75, 3.05) is 12.4 Å². The van der Waals surface area contributed by atoms with Crippen molar-refractivity contribution in [3.63, 3.8) is 0 Å². The van der Waals surface area contributed by atoms with E-state index in [4.69, 9.17) is 10.5 Å². The Balaban J connectivity index is 2.63. The minimum atomic E-state index is -0.827. The smallest absolute Gasteiger partial charge is 0.332 e. The van der Waals surface area contributed by atoms with Crippen molar-refractivity contribution in [2.45, 2.75) is 6.92 Å². The van der Waals surface area contributed by atoms with Gasteiger partial charge in [-0.05, 0) is 31.2 Å². The maximum atomic E-state index is 11.6. The van der Waals surface area contributed by atoms with Crippen LogP contribution in [-0.4, -0.2) is 24.8 Å². The molecule has 0 aromatic heterocycles. The number of methoxy groups -OCH3 is 1. The maximum Gasteiger partial charge on any atom is 0.332 e. The fourth-order valence-corrected chi connectivity index (χ4v) is 1.09. The van der Waals surface area contributed by atoms with Crippen LogP contribution in [0.15, 0.2) is 29.4 Å². The molecule has 18 heavy (non-hydrogen) atoms. The zero-order valence-electron chi connectivity index (χ0n) is 10.1. The number of ether oxygens (including phenoxy) is 1. The van der Waals surface area contributed by atoms with Gasteiger partial charge in [0.2, 0.25) is 0 Å². The lowest BCUT2D eigenvalue weighted by Gasteiger charge is -2.05. The number of hydrogen-bond acceptors (Lipinski definition) is 4. The van der Waals surface area contributed by atoms with Crippen molar-refractivity contribution in [3.05, 3.63) is 24.3 Å². The van der Waals surface area contributed by atoms with Crippen LogP contribution in [0.4, 0.5) is 10.5 Å². The highest BCUT2D eigenvalue weighted by Gasteiger charge is 2.06. The molecule has 1 aromatic rings. The van der Waals surface area contributed by atoms with E-state index in [2.05, 4.69) is 10.4 Å². The molecule has 0 bridgehead atoms. The molecule has 0 aliphatic carbocycles. The van der Waals surface area contributed by atoms with Crippen LogP contribution in [0.25, 0.3) is 0 Å². The quantitative estimate of drug-likeness (QED) is 0.540. The van der Waals surface area contributed by atoms with Gasteiger partial charge in [-0.2, -0.15) is 5.10 Å². The molecule has 0 saturated heterocycles. The van der Waals surface area contributed by atoms with E-state index in [9.17, 15) is 9.59 Å². The lowest BCUT2D eigenvalue weighted by atomic mass is 10.3. The third kappa shape index (κ3) is 4.12. The van der Waals surface area contributed by atoms with Gasteiger partial charge in [0.05, 0.1) is 7.11 Å². The molecule has 0 spiro atoms. The molecule has 0 saturated carbocycles. The first-order valence-corrected chi connectivity index (χ1v) is 5.08. The first-order chi connectivity index (χ1) is 8.52. The van der Waals surface area contributed by atoms with Crippen LogP contribution in [0.1, 0.15) is 6.92 Å². The topological polar surface area (TPSA) is 106 Å². The molecule has 1 aromatic carbocycles. The van der Waals surface area contributed by atoms with Crippen molar-refractivity contribution >= 4 is 23.3 Å². The van der Waals surface area contributed by atoms with Crippen LogP contribution in [0.2, 0.25) is 0 Å². The molecular formula is C11H14N4O3. The first kappa shape index (κ1) is 13.5. The normalized spacial score (nSPS) is 10.7. The van der Waals surface area contributed by atoms with Crippen LogP contribution in [-0.2, 0) is 4.79 Å². The Kier molecular flexibility index (Phi) is 4.67. The molecular weight excluding hydrogens is 236 g/mol. The average Bonchev–Trinajstić information content (AvgIpc) is 2.36. The van der Waals surface area contributed by atoms with Crippen LogP contribution in [0, 0.1) is 0 Å². The van der Waals surface area contributed by atoms with Gasteiger partial charge in [0.1, 0.15) is 11.5 Å². The standard InChI is InChI=1S/C11H14N4O3/c1-7(14-15-11(12)17)10(16)13-8-3-5-9(18-2)6-4-8/h3-6H,1-2H3,(H,13,16)(H3,12,15,17)/b14-7+. The van der Waals surface area contributed by atoms with Crippen molar-refractivity contribution in [2.24, 2.45) is 10.8 Å². The van der Waals surface area contributed by atoms with E-state index < -0.39 is 11.9 Å². The monoisotopic (exact) mass is 250 g/mol. The predicted molar refractivity (Wildman–Crippen MR) is 67.5 cm³/mol. The predicted octanol–water partition coefficient (Wildman–Crippen LogP) is 0.678. The van der Waals surface area contributed by atoms with E-state index >= 15 is 0 Å². The molecule has 1 rings (SSSR count). The lowest BCUT2D eigenvalue weighted by molar-refractivity contribution is -0.110. The third-order valence-electron chi connectivity index (χ3n) is 2.01. The highest BCUT2D eigenvalue weighted by molar-refractivity contribution is 6.42. The number of amides is 3. The Labute approximate surface area is 104 Å². The summed E-state index contributed by atoms with van der Waals surface area (Å²) >= 11 is 0. The van der Waals surface area contributed by atoms with E-state index in [1.165, 1.54) is 6.92 Å². The van der Waals surface area contributed by atoms with Gasteiger partial charge in [0.15, 0.2) is 0 Å². The van der Waals surface area contributed by atoms with Gasteiger partial charge in [0.25, 0.3) is 5.91 Å². The van der Waals surface area contributed by atoms with Crippen molar-refractivity contribution < 1.29 is 14.3 Å². The SMILES string of the molecule is COc1ccc(NC(=O)/C(C)=N/NC(N)=O)cc1. The largest absolute Gasteiger partial charge is 0.497 e. The summed E-state index contributed by atoms with van der Waals surface area (Å²) in [5, 5.41) is 6.11. The number of rotatable bonds is 4. The highest BCUT2D eigenvalue weighted by Crippen LogP contribution is 2.14. The number of nitrogens with two attached hydrogens (primary N) is 1. The molecule has 0 heterocycles. The summed E-state index contributed by atoms with van der Waals surface area (Å²) in [7, 11) is 1.56. The minimum Gasteiger partial charge on any atom is -0.497 e. The van der Waals surface area contributed by atoms with E-state index in [0.717, 1.165) is 0 Å². The maximum absolute atomic E-state index is 11.6. The summed E-state index contributed by atoms with van der Waals surface area (Å²) in [6.07, 6.45) is 0. The number of carbonyl (C=O) groups is 2. The number of hydrazone groups is 1. The van der Waals surface area contributed by atoms with Gasteiger partial charge < -0.3 is 15.8 Å². The Morgan fingerprint density at radius 3 is 2.39 bits per heavy atom. The zero-order valence-corrected chi connectivity index (χ0v) is 10.1. The van der Waals surface area contributed by atoms with E-state index in [-0.39, 0.29) is 5.71 Å².